The van der Waals surface area contributed by atoms with Crippen molar-refractivity contribution in [3.63, 3.8) is 0 Å². The van der Waals surface area contributed by atoms with Crippen molar-refractivity contribution in [2.75, 3.05) is 23.3 Å². The van der Waals surface area contributed by atoms with Gasteiger partial charge in [0.15, 0.2) is 11.6 Å². The fourth-order valence-electron chi connectivity index (χ4n) is 3.15. The predicted octanol–water partition coefficient (Wildman–Crippen LogP) is 2.52. The molecular formula is C19H20N6O. The van der Waals surface area contributed by atoms with Crippen molar-refractivity contribution >= 4 is 17.4 Å². The van der Waals surface area contributed by atoms with Crippen molar-refractivity contribution in [2.45, 2.75) is 12.8 Å². The van der Waals surface area contributed by atoms with Gasteiger partial charge >= 0.3 is 0 Å². The van der Waals surface area contributed by atoms with E-state index in [-0.39, 0.29) is 11.8 Å². The van der Waals surface area contributed by atoms with Crippen LogP contribution in [0.3, 0.4) is 0 Å². The summed E-state index contributed by atoms with van der Waals surface area (Å²) in [5, 5.41) is 15.7. The molecule has 1 N–H and O–H groups in total. The summed E-state index contributed by atoms with van der Waals surface area (Å²) in [7, 11) is 0. The van der Waals surface area contributed by atoms with Gasteiger partial charge in [-0.2, -0.15) is 5.10 Å². The largest absolute Gasteiger partial charge is 0.355 e. The van der Waals surface area contributed by atoms with Gasteiger partial charge in [-0.3, -0.25) is 4.79 Å². The van der Waals surface area contributed by atoms with Crippen LogP contribution in [0.4, 0.5) is 11.5 Å². The summed E-state index contributed by atoms with van der Waals surface area (Å²) in [5.74, 6) is 1.65. The molecule has 0 atom stereocenters. The zero-order valence-corrected chi connectivity index (χ0v) is 14.3. The normalized spacial score (nSPS) is 15.0. The summed E-state index contributed by atoms with van der Waals surface area (Å²) in [6.45, 7) is 1.59. The Morgan fingerprint density at radius 2 is 1.69 bits per heavy atom. The molecule has 1 aromatic carbocycles. The molecule has 3 aromatic rings. The number of piperidine rings is 1. The average Bonchev–Trinajstić information content (AvgIpc) is 3.24. The minimum Gasteiger partial charge on any atom is -0.355 e. The van der Waals surface area contributed by atoms with Gasteiger partial charge in [-0.15, -0.1) is 10.2 Å². The number of rotatable bonds is 4. The Balaban J connectivity index is 1.34. The van der Waals surface area contributed by atoms with E-state index >= 15 is 0 Å². The number of nitrogens with one attached hydrogen (secondary N) is 1. The number of para-hydroxylation sites is 1. The summed E-state index contributed by atoms with van der Waals surface area (Å²) in [6, 6.07) is 15.3. The summed E-state index contributed by atoms with van der Waals surface area (Å²) in [5.41, 5.74) is 0.847. The lowest BCUT2D eigenvalue weighted by Gasteiger charge is -2.31. The van der Waals surface area contributed by atoms with Crippen molar-refractivity contribution < 1.29 is 4.79 Å². The van der Waals surface area contributed by atoms with Crippen LogP contribution in [-0.4, -0.2) is 39.0 Å². The van der Waals surface area contributed by atoms with Crippen LogP contribution < -0.4 is 10.2 Å². The molecule has 1 amide bonds. The molecule has 0 unspecified atom stereocenters. The molecule has 0 aliphatic carbocycles. The zero-order chi connectivity index (χ0) is 17.8. The third-order valence-corrected chi connectivity index (χ3v) is 4.61. The van der Waals surface area contributed by atoms with Gasteiger partial charge in [-0.05, 0) is 43.2 Å². The standard InChI is InChI=1S/C19H20N6O/c26-19(21-16-5-2-1-3-6-16)15-9-13-24(14-10-15)17-7-8-18(23-22-17)25-12-4-11-20-25/h1-8,11-12,15H,9-10,13-14H2,(H,21,26). The van der Waals surface area contributed by atoms with Crippen LogP contribution in [-0.2, 0) is 4.79 Å². The maximum atomic E-state index is 12.4. The lowest BCUT2D eigenvalue weighted by atomic mass is 9.96. The number of amides is 1. The van der Waals surface area contributed by atoms with Crippen LogP contribution in [0.5, 0.6) is 0 Å². The SMILES string of the molecule is O=C(Nc1ccccc1)C1CCN(c2ccc(-n3cccn3)nn2)CC1. The Morgan fingerprint density at radius 3 is 2.35 bits per heavy atom. The van der Waals surface area contributed by atoms with Crippen LogP contribution in [0.15, 0.2) is 60.9 Å². The molecule has 1 aliphatic rings. The predicted molar refractivity (Wildman–Crippen MR) is 99.2 cm³/mol. The average molecular weight is 348 g/mol. The second-order valence-electron chi connectivity index (χ2n) is 6.32. The Labute approximate surface area is 151 Å². The summed E-state index contributed by atoms with van der Waals surface area (Å²) >= 11 is 0. The van der Waals surface area contributed by atoms with Crippen LogP contribution in [0, 0.1) is 5.92 Å². The number of aromatic nitrogens is 4. The molecule has 0 spiro atoms. The summed E-state index contributed by atoms with van der Waals surface area (Å²) in [6.07, 6.45) is 5.16. The van der Waals surface area contributed by atoms with E-state index < -0.39 is 0 Å². The van der Waals surface area contributed by atoms with Gasteiger partial charge in [-0.25, -0.2) is 4.68 Å². The van der Waals surface area contributed by atoms with Crippen LogP contribution >= 0.6 is 0 Å². The molecule has 1 aliphatic heterocycles. The first-order valence-electron chi connectivity index (χ1n) is 8.74. The highest BCUT2D eigenvalue weighted by Crippen LogP contribution is 2.23. The monoisotopic (exact) mass is 348 g/mol. The van der Waals surface area contributed by atoms with Gasteiger partial charge in [0.05, 0.1) is 0 Å². The Morgan fingerprint density at radius 1 is 0.962 bits per heavy atom. The first kappa shape index (κ1) is 16.3. The number of anilines is 2. The van der Waals surface area contributed by atoms with Gasteiger partial charge in [0.1, 0.15) is 0 Å². The van der Waals surface area contributed by atoms with Crippen molar-refractivity contribution in [1.82, 2.24) is 20.0 Å². The minimum absolute atomic E-state index is 0.0303. The fraction of sp³-hybridized carbons (Fsp3) is 0.263. The molecule has 2 aromatic heterocycles. The molecule has 1 fully saturated rings. The van der Waals surface area contributed by atoms with E-state index in [0.717, 1.165) is 37.4 Å². The third kappa shape index (κ3) is 3.56. The van der Waals surface area contributed by atoms with Gasteiger partial charge in [0, 0.05) is 37.1 Å². The molecule has 7 nitrogen and oxygen atoms in total. The molecule has 3 heterocycles. The molecule has 7 heteroatoms. The first-order chi connectivity index (χ1) is 12.8. The third-order valence-electron chi connectivity index (χ3n) is 4.61. The van der Waals surface area contributed by atoms with Crippen molar-refractivity contribution in [3.05, 3.63) is 60.9 Å². The summed E-state index contributed by atoms with van der Waals surface area (Å²) < 4.78 is 1.68. The number of hydrogen-bond donors (Lipinski definition) is 1. The molecule has 26 heavy (non-hydrogen) atoms. The number of hydrogen-bond acceptors (Lipinski definition) is 5. The van der Waals surface area contributed by atoms with Gasteiger partial charge in [-0.1, -0.05) is 18.2 Å². The van der Waals surface area contributed by atoms with Crippen molar-refractivity contribution in [1.29, 1.82) is 0 Å². The molecule has 0 saturated carbocycles. The van der Waals surface area contributed by atoms with Crippen molar-refractivity contribution in [2.24, 2.45) is 5.92 Å². The Hall–Kier alpha value is -3.22. The van der Waals surface area contributed by atoms with Crippen LogP contribution in [0.2, 0.25) is 0 Å². The topological polar surface area (TPSA) is 75.9 Å². The maximum Gasteiger partial charge on any atom is 0.227 e. The molecule has 1 saturated heterocycles. The highest BCUT2D eigenvalue weighted by Gasteiger charge is 2.25. The highest BCUT2D eigenvalue weighted by atomic mass is 16.1. The fourth-order valence-corrected chi connectivity index (χ4v) is 3.15. The highest BCUT2D eigenvalue weighted by molar-refractivity contribution is 5.92. The van der Waals surface area contributed by atoms with E-state index in [4.69, 9.17) is 0 Å². The van der Waals surface area contributed by atoms with Gasteiger partial charge in [0.2, 0.25) is 5.91 Å². The van der Waals surface area contributed by atoms with Gasteiger partial charge < -0.3 is 10.2 Å². The van der Waals surface area contributed by atoms with E-state index in [1.54, 1.807) is 10.9 Å². The lowest BCUT2D eigenvalue weighted by molar-refractivity contribution is -0.120. The first-order valence-corrected chi connectivity index (χ1v) is 8.74. The van der Waals surface area contributed by atoms with Crippen LogP contribution in [0.25, 0.3) is 5.82 Å². The zero-order valence-electron chi connectivity index (χ0n) is 14.3. The van der Waals surface area contributed by atoms with E-state index in [2.05, 4.69) is 25.5 Å². The smallest absolute Gasteiger partial charge is 0.227 e. The second kappa shape index (κ2) is 7.35. The van der Waals surface area contributed by atoms with Crippen LogP contribution in [0.1, 0.15) is 12.8 Å². The number of carbonyl (C=O) groups excluding carboxylic acids is 1. The van der Waals surface area contributed by atoms with Gasteiger partial charge in [0.25, 0.3) is 0 Å². The van der Waals surface area contributed by atoms with E-state index in [0.29, 0.717) is 5.82 Å². The minimum atomic E-state index is 0.0303. The lowest BCUT2D eigenvalue weighted by Crippen LogP contribution is -2.38. The molecule has 4 rings (SSSR count). The van der Waals surface area contributed by atoms with Crippen molar-refractivity contribution in [3.8, 4) is 5.82 Å². The molecular weight excluding hydrogens is 328 g/mol. The van der Waals surface area contributed by atoms with E-state index in [9.17, 15) is 4.79 Å². The Kier molecular flexibility index (Phi) is 4.59. The number of benzene rings is 1. The number of carbonyl (C=O) groups is 1. The molecule has 0 bridgehead atoms. The summed E-state index contributed by atoms with van der Waals surface area (Å²) in [4.78, 5) is 14.6. The van der Waals surface area contributed by atoms with E-state index in [1.807, 2.05) is 54.7 Å². The maximum absolute atomic E-state index is 12.4. The molecule has 0 radical (unpaired) electrons. The quantitative estimate of drug-likeness (QED) is 0.784. The van der Waals surface area contributed by atoms with E-state index in [1.165, 1.54) is 0 Å². The molecule has 132 valence electrons. The number of nitrogens with zero attached hydrogens (tertiary/aromatic N) is 5. The Bertz CT molecular complexity index is 840. The second-order valence-corrected chi connectivity index (χ2v) is 6.32.